The molecule has 0 unspecified atom stereocenters. The maximum absolute atomic E-state index is 12.1. The number of benzene rings is 1. The monoisotopic (exact) mass is 328 g/mol. The largest absolute Gasteiger partial charge is 0.459 e. The fraction of sp³-hybridized carbons (Fsp3) is 0.333. The Bertz CT molecular complexity index is 844. The first-order chi connectivity index (χ1) is 11.0. The second kappa shape index (κ2) is 6.16. The Morgan fingerprint density at radius 3 is 2.57 bits per heavy atom. The van der Waals surface area contributed by atoms with Crippen LogP contribution in [0.25, 0.3) is 16.2 Å². The number of thiazole rings is 1. The molecule has 1 aromatic carbocycles. The van der Waals surface area contributed by atoms with E-state index in [4.69, 9.17) is 4.74 Å². The number of esters is 1. The SMILES string of the molecule is CCc1ccc(-c2cn3c(C)c(C(=O)OC(C)C)sc3n2)cc1. The van der Waals surface area contributed by atoms with Crippen molar-refractivity contribution in [2.45, 2.75) is 40.2 Å². The van der Waals surface area contributed by atoms with Gasteiger partial charge in [0.25, 0.3) is 0 Å². The molecule has 0 N–H and O–H groups in total. The van der Waals surface area contributed by atoms with Crippen molar-refractivity contribution in [1.82, 2.24) is 9.38 Å². The summed E-state index contributed by atoms with van der Waals surface area (Å²) in [5, 5.41) is 0. The van der Waals surface area contributed by atoms with E-state index in [0.717, 1.165) is 28.3 Å². The molecule has 5 heteroatoms. The fourth-order valence-corrected chi connectivity index (χ4v) is 3.45. The van der Waals surface area contributed by atoms with Gasteiger partial charge in [0, 0.05) is 17.5 Å². The third-order valence-electron chi connectivity index (χ3n) is 3.74. The average molecular weight is 328 g/mol. The van der Waals surface area contributed by atoms with Crippen LogP contribution in [0.1, 0.15) is 41.7 Å². The average Bonchev–Trinajstić information content (AvgIpc) is 3.07. The highest BCUT2D eigenvalue weighted by molar-refractivity contribution is 7.19. The van der Waals surface area contributed by atoms with Crippen LogP contribution in [-0.2, 0) is 11.2 Å². The van der Waals surface area contributed by atoms with Crippen molar-refractivity contribution in [3.05, 3.63) is 46.6 Å². The number of carbonyl (C=O) groups excluding carboxylic acids is 1. The van der Waals surface area contributed by atoms with Crippen molar-refractivity contribution in [1.29, 1.82) is 0 Å². The lowest BCUT2D eigenvalue weighted by Gasteiger charge is -2.06. The van der Waals surface area contributed by atoms with Gasteiger partial charge in [-0.2, -0.15) is 0 Å². The summed E-state index contributed by atoms with van der Waals surface area (Å²) in [6.07, 6.45) is 2.89. The van der Waals surface area contributed by atoms with E-state index in [1.165, 1.54) is 16.9 Å². The lowest BCUT2D eigenvalue weighted by atomic mass is 10.1. The maximum atomic E-state index is 12.1. The number of ether oxygens (including phenoxy) is 1. The van der Waals surface area contributed by atoms with E-state index in [2.05, 4.69) is 36.2 Å². The second-order valence-electron chi connectivity index (χ2n) is 5.80. The smallest absolute Gasteiger partial charge is 0.350 e. The molecule has 0 bridgehead atoms. The van der Waals surface area contributed by atoms with Crippen LogP contribution < -0.4 is 0 Å². The molecular weight excluding hydrogens is 308 g/mol. The summed E-state index contributed by atoms with van der Waals surface area (Å²) >= 11 is 1.37. The third-order valence-corrected chi connectivity index (χ3v) is 4.88. The molecule has 0 atom stereocenters. The molecular formula is C18H20N2O2S. The molecule has 0 saturated carbocycles. The molecule has 0 saturated heterocycles. The van der Waals surface area contributed by atoms with Crippen molar-refractivity contribution in [3.63, 3.8) is 0 Å². The van der Waals surface area contributed by atoms with Crippen molar-refractivity contribution in [2.75, 3.05) is 0 Å². The Kier molecular flexibility index (Phi) is 4.22. The van der Waals surface area contributed by atoms with Crippen LogP contribution in [0, 0.1) is 6.92 Å². The molecule has 0 aliphatic rings. The number of aryl methyl sites for hydroxylation is 2. The molecule has 0 spiro atoms. The predicted octanol–water partition coefficient (Wildman–Crippen LogP) is 4.50. The van der Waals surface area contributed by atoms with Gasteiger partial charge in [0.05, 0.1) is 11.8 Å². The van der Waals surface area contributed by atoms with Crippen LogP contribution in [0.15, 0.2) is 30.5 Å². The molecule has 0 fully saturated rings. The Morgan fingerprint density at radius 1 is 1.30 bits per heavy atom. The van der Waals surface area contributed by atoms with E-state index in [-0.39, 0.29) is 12.1 Å². The van der Waals surface area contributed by atoms with Crippen LogP contribution in [0.4, 0.5) is 0 Å². The number of hydrogen-bond acceptors (Lipinski definition) is 4. The maximum Gasteiger partial charge on any atom is 0.350 e. The minimum absolute atomic E-state index is 0.121. The number of carbonyl (C=O) groups is 1. The summed E-state index contributed by atoms with van der Waals surface area (Å²) in [6, 6.07) is 8.44. The van der Waals surface area contributed by atoms with Gasteiger partial charge in [-0.25, -0.2) is 9.78 Å². The minimum atomic E-state index is -0.276. The topological polar surface area (TPSA) is 43.6 Å². The van der Waals surface area contributed by atoms with Crippen molar-refractivity contribution < 1.29 is 9.53 Å². The number of aromatic nitrogens is 2. The first kappa shape index (κ1) is 15.7. The standard InChI is InChI=1S/C18H20N2O2S/c1-5-13-6-8-14(9-7-13)15-10-20-12(4)16(23-18(20)19-15)17(21)22-11(2)3/h6-11H,5H2,1-4H3. The van der Waals surface area contributed by atoms with Crippen LogP contribution >= 0.6 is 11.3 Å². The fourth-order valence-electron chi connectivity index (χ4n) is 2.46. The van der Waals surface area contributed by atoms with Crippen LogP contribution in [-0.4, -0.2) is 21.5 Å². The molecule has 23 heavy (non-hydrogen) atoms. The van der Waals surface area contributed by atoms with Gasteiger partial charge in [0.15, 0.2) is 4.96 Å². The molecule has 3 rings (SSSR count). The summed E-state index contributed by atoms with van der Waals surface area (Å²) in [7, 11) is 0. The number of nitrogens with zero attached hydrogens (tertiary/aromatic N) is 2. The van der Waals surface area contributed by atoms with E-state index >= 15 is 0 Å². The van der Waals surface area contributed by atoms with E-state index in [9.17, 15) is 4.79 Å². The molecule has 2 heterocycles. The van der Waals surface area contributed by atoms with Crippen LogP contribution in [0.2, 0.25) is 0 Å². The molecule has 0 radical (unpaired) electrons. The summed E-state index contributed by atoms with van der Waals surface area (Å²) in [5.41, 5.74) is 4.19. The molecule has 2 aromatic heterocycles. The van der Waals surface area contributed by atoms with Gasteiger partial charge in [0.2, 0.25) is 0 Å². The Hall–Kier alpha value is -2.14. The van der Waals surface area contributed by atoms with Crippen molar-refractivity contribution in [2.24, 2.45) is 0 Å². The first-order valence-electron chi connectivity index (χ1n) is 7.78. The van der Waals surface area contributed by atoms with Gasteiger partial charge < -0.3 is 4.74 Å². The lowest BCUT2D eigenvalue weighted by Crippen LogP contribution is -2.11. The minimum Gasteiger partial charge on any atom is -0.459 e. The zero-order valence-corrected chi connectivity index (χ0v) is 14.6. The highest BCUT2D eigenvalue weighted by Gasteiger charge is 2.20. The second-order valence-corrected chi connectivity index (χ2v) is 6.78. The summed E-state index contributed by atoms with van der Waals surface area (Å²) in [5.74, 6) is -0.276. The molecule has 0 aliphatic carbocycles. The quantitative estimate of drug-likeness (QED) is 0.662. The third kappa shape index (κ3) is 3.01. The number of hydrogen-bond donors (Lipinski definition) is 0. The van der Waals surface area contributed by atoms with E-state index in [1.807, 2.05) is 31.4 Å². The van der Waals surface area contributed by atoms with E-state index in [1.54, 1.807) is 0 Å². The first-order valence-corrected chi connectivity index (χ1v) is 8.60. The number of rotatable bonds is 4. The van der Waals surface area contributed by atoms with E-state index < -0.39 is 0 Å². The van der Waals surface area contributed by atoms with Gasteiger partial charge in [0.1, 0.15) is 4.88 Å². The Morgan fingerprint density at radius 2 is 2.00 bits per heavy atom. The highest BCUT2D eigenvalue weighted by Crippen LogP contribution is 2.28. The molecule has 0 amide bonds. The van der Waals surface area contributed by atoms with Crippen molar-refractivity contribution in [3.8, 4) is 11.3 Å². The van der Waals surface area contributed by atoms with Gasteiger partial charge in [-0.3, -0.25) is 4.40 Å². The number of imidazole rings is 1. The van der Waals surface area contributed by atoms with Crippen molar-refractivity contribution >= 4 is 22.3 Å². The summed E-state index contributed by atoms with van der Waals surface area (Å²) in [6.45, 7) is 7.77. The molecule has 120 valence electrons. The zero-order valence-electron chi connectivity index (χ0n) is 13.8. The normalized spacial score (nSPS) is 11.3. The van der Waals surface area contributed by atoms with Crippen LogP contribution in [0.5, 0.6) is 0 Å². The lowest BCUT2D eigenvalue weighted by molar-refractivity contribution is 0.0382. The number of fused-ring (bicyclic) bond motifs is 1. The molecule has 3 aromatic rings. The molecule has 4 nitrogen and oxygen atoms in total. The zero-order chi connectivity index (χ0) is 16.6. The van der Waals surface area contributed by atoms with Gasteiger partial charge in [-0.05, 0) is 32.8 Å². The molecule has 0 aliphatic heterocycles. The Balaban J connectivity index is 1.95. The van der Waals surface area contributed by atoms with Gasteiger partial charge >= 0.3 is 5.97 Å². The Labute approximate surface area is 139 Å². The van der Waals surface area contributed by atoms with E-state index in [0.29, 0.717) is 4.88 Å². The van der Waals surface area contributed by atoms with Gasteiger partial charge in [-0.1, -0.05) is 42.5 Å². The van der Waals surface area contributed by atoms with Gasteiger partial charge in [-0.15, -0.1) is 0 Å². The summed E-state index contributed by atoms with van der Waals surface area (Å²) < 4.78 is 7.25. The predicted molar refractivity (Wildman–Crippen MR) is 93.2 cm³/mol. The van der Waals surface area contributed by atoms with Crippen LogP contribution in [0.3, 0.4) is 0 Å². The highest BCUT2D eigenvalue weighted by atomic mass is 32.1. The summed E-state index contributed by atoms with van der Waals surface area (Å²) in [4.78, 5) is 18.2.